The van der Waals surface area contributed by atoms with Crippen molar-refractivity contribution in [2.75, 3.05) is 9.80 Å². The highest BCUT2D eigenvalue weighted by molar-refractivity contribution is 5.80. The van der Waals surface area contributed by atoms with Crippen LogP contribution in [0.15, 0.2) is 268 Å². The summed E-state index contributed by atoms with van der Waals surface area (Å²) in [6.45, 7) is 9.90. The first-order chi connectivity index (χ1) is 36.5. The Balaban J connectivity index is 0.831. The number of rotatable bonds is 21. The van der Waals surface area contributed by atoms with Crippen molar-refractivity contribution in [3.8, 4) is 22.3 Å². The van der Waals surface area contributed by atoms with Crippen LogP contribution in [-0.2, 0) is 48.7 Å². The summed E-state index contributed by atoms with van der Waals surface area (Å²) in [5.41, 5.74) is 20.7. The van der Waals surface area contributed by atoms with E-state index in [1.165, 1.54) is 33.4 Å². The van der Waals surface area contributed by atoms with E-state index in [0.717, 1.165) is 80.3 Å². The van der Waals surface area contributed by atoms with Crippen molar-refractivity contribution in [1.82, 2.24) is 0 Å². The van der Waals surface area contributed by atoms with E-state index in [4.69, 9.17) is 9.47 Å². The zero-order valence-electron chi connectivity index (χ0n) is 41.8. The number of nitrogens with zero attached hydrogens (tertiary/aromatic N) is 2. The van der Waals surface area contributed by atoms with Crippen molar-refractivity contribution < 1.29 is 9.47 Å². The summed E-state index contributed by atoms with van der Waals surface area (Å²) in [5, 5.41) is 0. The van der Waals surface area contributed by atoms with Gasteiger partial charge in [-0.25, -0.2) is 0 Å². The summed E-state index contributed by atoms with van der Waals surface area (Å²) in [6, 6.07) is 91.0. The Morgan fingerprint density at radius 1 is 0.257 bits per heavy atom. The summed E-state index contributed by atoms with van der Waals surface area (Å²) in [7, 11) is 0. The maximum Gasteiger partial charge on any atom is 0.0721 e. The Hall–Kier alpha value is -8.80. The van der Waals surface area contributed by atoms with Crippen LogP contribution in [0.25, 0.3) is 34.4 Å². The minimum Gasteiger partial charge on any atom is -0.372 e. The fraction of sp³-hybridized carbons (Fsp3) is 0.0857. The van der Waals surface area contributed by atoms with Gasteiger partial charge in [0.05, 0.1) is 26.4 Å². The fourth-order valence-corrected chi connectivity index (χ4v) is 9.23. The van der Waals surface area contributed by atoms with Crippen LogP contribution < -0.4 is 9.80 Å². The molecule has 0 spiro atoms. The second kappa shape index (κ2) is 24.1. The normalized spacial score (nSPS) is 11.0. The van der Waals surface area contributed by atoms with Gasteiger partial charge in [-0.05, 0) is 152 Å². The van der Waals surface area contributed by atoms with E-state index in [1.54, 1.807) is 0 Å². The third-order valence-corrected chi connectivity index (χ3v) is 13.5. The number of anilines is 6. The molecule has 10 aromatic rings. The minimum atomic E-state index is 0.534. The molecular formula is C70H60N2O2. The Morgan fingerprint density at radius 3 is 0.757 bits per heavy atom. The van der Waals surface area contributed by atoms with Gasteiger partial charge in [0.25, 0.3) is 0 Å². The Labute approximate surface area is 437 Å². The molecule has 362 valence electrons. The molecule has 4 nitrogen and oxygen atoms in total. The van der Waals surface area contributed by atoms with E-state index < -0.39 is 0 Å². The molecule has 0 aliphatic rings. The molecule has 0 saturated carbocycles. The van der Waals surface area contributed by atoms with Gasteiger partial charge in [-0.15, -0.1) is 0 Å². The lowest BCUT2D eigenvalue weighted by atomic mass is 10.0. The molecule has 0 radical (unpaired) electrons. The first kappa shape index (κ1) is 48.8. The molecule has 0 N–H and O–H groups in total. The van der Waals surface area contributed by atoms with Gasteiger partial charge in [-0.3, -0.25) is 0 Å². The highest BCUT2D eigenvalue weighted by Gasteiger charge is 2.16. The van der Waals surface area contributed by atoms with E-state index in [1.807, 2.05) is 12.2 Å². The summed E-state index contributed by atoms with van der Waals surface area (Å²) in [4.78, 5) is 4.66. The zero-order chi connectivity index (χ0) is 50.3. The first-order valence-electron chi connectivity index (χ1n) is 25.4. The molecule has 0 saturated heterocycles. The average Bonchev–Trinajstić information content (AvgIpc) is 3.47. The molecule has 0 fully saturated rings. The smallest absolute Gasteiger partial charge is 0.0721 e. The van der Waals surface area contributed by atoms with Crippen molar-refractivity contribution in [1.29, 1.82) is 0 Å². The van der Waals surface area contributed by atoms with Gasteiger partial charge >= 0.3 is 0 Å². The zero-order valence-corrected chi connectivity index (χ0v) is 41.8. The summed E-state index contributed by atoms with van der Waals surface area (Å²) >= 11 is 0. The van der Waals surface area contributed by atoms with Gasteiger partial charge in [-0.2, -0.15) is 0 Å². The lowest BCUT2D eigenvalue weighted by molar-refractivity contribution is 0.107. The predicted octanol–water partition coefficient (Wildman–Crippen LogP) is 18.5. The number of hydrogen-bond acceptors (Lipinski definition) is 4. The largest absolute Gasteiger partial charge is 0.372 e. The first-order valence-corrected chi connectivity index (χ1v) is 25.4. The molecule has 0 atom stereocenters. The fourth-order valence-electron chi connectivity index (χ4n) is 9.23. The van der Waals surface area contributed by atoms with Gasteiger partial charge in [-0.1, -0.05) is 207 Å². The number of benzene rings is 10. The second-order valence-electron chi connectivity index (χ2n) is 18.5. The minimum absolute atomic E-state index is 0.534. The lowest BCUT2D eigenvalue weighted by Gasteiger charge is -2.26. The number of hydrogen-bond donors (Lipinski definition) is 0. The maximum absolute atomic E-state index is 6.12. The summed E-state index contributed by atoms with van der Waals surface area (Å²) < 4.78 is 12.2. The van der Waals surface area contributed by atoms with Crippen molar-refractivity contribution in [2.24, 2.45) is 0 Å². The Morgan fingerprint density at radius 2 is 0.486 bits per heavy atom. The number of ether oxygens (including phenoxy) is 2. The topological polar surface area (TPSA) is 24.9 Å². The van der Waals surface area contributed by atoms with Gasteiger partial charge < -0.3 is 19.3 Å². The molecule has 0 aliphatic heterocycles. The summed E-state index contributed by atoms with van der Waals surface area (Å²) in [5.74, 6) is 0. The van der Waals surface area contributed by atoms with Crippen molar-refractivity contribution in [3.63, 3.8) is 0 Å². The molecular weight excluding hydrogens is 901 g/mol. The molecule has 10 rings (SSSR count). The third kappa shape index (κ3) is 12.4. The second-order valence-corrected chi connectivity index (χ2v) is 18.5. The SMILES string of the molecule is C=Cc1ccc(COCc2ccc(N(c3ccc(CCc4ccc(N(c5ccc(COCc6ccc(C=C)cc6)cc5)c5ccc(-c6ccccc6)cc5)cc4)cc3)c3ccc(-c4ccccc4)cc3)cc2)cc1. The standard InChI is InChI=1S/C70H60N2O2/c1-3-53-15-21-57(22-16-53)49-73-51-59-29-41-67(42-30-59)71(69-45-33-63(34-46-69)61-11-7-5-8-12-61)65-37-25-55(26-38-65)19-20-56-27-39-66(40-28-56)72(70-47-35-64(36-48-70)62-13-9-6-10-14-62)68-43-31-60(32-44-68)52-74-50-58-23-17-54(4-2)18-24-58/h3-18,21-48H,1-2,19-20,49-52H2. The van der Waals surface area contributed by atoms with E-state index in [9.17, 15) is 0 Å². The van der Waals surface area contributed by atoms with Crippen LogP contribution in [0.4, 0.5) is 34.1 Å². The monoisotopic (exact) mass is 960 g/mol. The van der Waals surface area contributed by atoms with E-state index >= 15 is 0 Å². The molecule has 0 aromatic heterocycles. The molecule has 0 unspecified atom stereocenters. The van der Waals surface area contributed by atoms with Crippen LogP contribution in [0.1, 0.15) is 44.5 Å². The van der Waals surface area contributed by atoms with Crippen LogP contribution in [0.2, 0.25) is 0 Å². The number of aryl methyl sites for hydroxylation is 2. The molecule has 0 heterocycles. The molecule has 10 aromatic carbocycles. The highest BCUT2D eigenvalue weighted by Crippen LogP contribution is 2.38. The maximum atomic E-state index is 6.12. The van der Waals surface area contributed by atoms with Crippen molar-refractivity contribution in [3.05, 3.63) is 312 Å². The van der Waals surface area contributed by atoms with E-state index in [2.05, 4.69) is 278 Å². The van der Waals surface area contributed by atoms with Crippen molar-refractivity contribution in [2.45, 2.75) is 39.3 Å². The third-order valence-electron chi connectivity index (χ3n) is 13.5. The molecule has 0 aliphatic carbocycles. The lowest BCUT2D eigenvalue weighted by Crippen LogP contribution is -2.10. The van der Waals surface area contributed by atoms with Crippen molar-refractivity contribution >= 4 is 46.3 Å². The van der Waals surface area contributed by atoms with E-state index in [-0.39, 0.29) is 0 Å². The molecule has 74 heavy (non-hydrogen) atoms. The Kier molecular flexibility index (Phi) is 15.9. The van der Waals surface area contributed by atoms with Crippen LogP contribution in [0.3, 0.4) is 0 Å². The van der Waals surface area contributed by atoms with Crippen LogP contribution in [0.5, 0.6) is 0 Å². The highest BCUT2D eigenvalue weighted by atomic mass is 16.5. The van der Waals surface area contributed by atoms with Crippen LogP contribution in [0, 0.1) is 0 Å². The van der Waals surface area contributed by atoms with Crippen LogP contribution >= 0.6 is 0 Å². The Bertz CT molecular complexity index is 3100. The predicted molar refractivity (Wildman–Crippen MR) is 311 cm³/mol. The van der Waals surface area contributed by atoms with E-state index in [0.29, 0.717) is 26.4 Å². The van der Waals surface area contributed by atoms with Gasteiger partial charge in [0, 0.05) is 34.1 Å². The van der Waals surface area contributed by atoms with Gasteiger partial charge in [0.15, 0.2) is 0 Å². The molecule has 0 bridgehead atoms. The quantitative estimate of drug-likeness (QED) is 0.0716. The van der Waals surface area contributed by atoms with Crippen LogP contribution in [-0.4, -0.2) is 0 Å². The molecule has 0 amide bonds. The van der Waals surface area contributed by atoms with Gasteiger partial charge in [0.2, 0.25) is 0 Å². The van der Waals surface area contributed by atoms with Gasteiger partial charge in [0.1, 0.15) is 0 Å². The molecule has 4 heteroatoms. The summed E-state index contributed by atoms with van der Waals surface area (Å²) in [6.07, 6.45) is 5.56. The average molecular weight is 961 g/mol.